The molecule has 0 saturated heterocycles. The van der Waals surface area contributed by atoms with Gasteiger partial charge in [-0.05, 0) is 20.9 Å². The number of hydrogen-bond acceptors (Lipinski definition) is 5. The molecule has 0 fully saturated rings. The van der Waals surface area contributed by atoms with Crippen molar-refractivity contribution >= 4 is 11.9 Å². The van der Waals surface area contributed by atoms with Crippen LogP contribution in [0.15, 0.2) is 0 Å². The number of nitrogens with one attached hydrogen (secondary N) is 2. The third-order valence-corrected chi connectivity index (χ3v) is 2.35. The lowest BCUT2D eigenvalue weighted by Gasteiger charge is -2.20. The molecule has 1 aromatic heterocycles. The van der Waals surface area contributed by atoms with Crippen molar-refractivity contribution in [1.29, 1.82) is 0 Å². The number of nitrogens with zero attached hydrogens (tertiary/aromatic N) is 3. The third-order valence-electron chi connectivity index (χ3n) is 2.35. The average Bonchev–Trinajstić information content (AvgIpc) is 2.64. The summed E-state index contributed by atoms with van der Waals surface area (Å²) in [5.74, 6) is -0.0736. The van der Waals surface area contributed by atoms with Gasteiger partial charge in [0.25, 0.3) is 5.91 Å². The van der Waals surface area contributed by atoms with E-state index in [0.29, 0.717) is 12.6 Å². The van der Waals surface area contributed by atoms with Crippen molar-refractivity contribution in [3.05, 3.63) is 5.82 Å². The molecule has 16 heavy (non-hydrogen) atoms. The lowest BCUT2D eigenvalue weighted by molar-refractivity contribution is 0.0938. The summed E-state index contributed by atoms with van der Waals surface area (Å²) >= 11 is 0. The quantitative estimate of drug-likeness (QED) is 0.626. The Kier molecular flexibility index (Phi) is 4.24. The highest BCUT2D eigenvalue weighted by Crippen LogP contribution is 1.93. The topological polar surface area (TPSA) is 99.9 Å². The van der Waals surface area contributed by atoms with Crippen molar-refractivity contribution in [2.24, 2.45) is 0 Å². The van der Waals surface area contributed by atoms with Gasteiger partial charge < -0.3 is 16.0 Å². The standard InChI is InChI=1S/C9H18N6O/c1-6(2)15(3)5-4-11-8(16)7-12-9(10)14-13-7/h6H,4-5H2,1-3H3,(H,11,16)(H3,10,12,13,14). The van der Waals surface area contributed by atoms with Crippen LogP contribution in [-0.2, 0) is 0 Å². The lowest BCUT2D eigenvalue weighted by atomic mass is 10.3. The Balaban J connectivity index is 2.31. The molecule has 0 bridgehead atoms. The number of anilines is 1. The van der Waals surface area contributed by atoms with Crippen LogP contribution in [0.3, 0.4) is 0 Å². The zero-order valence-electron chi connectivity index (χ0n) is 9.82. The normalized spacial score (nSPS) is 11.1. The monoisotopic (exact) mass is 226 g/mol. The number of amides is 1. The first kappa shape index (κ1) is 12.4. The van der Waals surface area contributed by atoms with Gasteiger partial charge in [0.05, 0.1) is 0 Å². The lowest BCUT2D eigenvalue weighted by Crippen LogP contribution is -2.36. The molecule has 0 aliphatic heterocycles. The van der Waals surface area contributed by atoms with Crippen molar-refractivity contribution in [3.8, 4) is 0 Å². The molecule has 0 saturated carbocycles. The fourth-order valence-corrected chi connectivity index (χ4v) is 1.06. The van der Waals surface area contributed by atoms with E-state index in [2.05, 4.69) is 39.2 Å². The Bertz CT molecular complexity index is 348. The van der Waals surface area contributed by atoms with Crippen LogP contribution >= 0.6 is 0 Å². The number of nitrogens with two attached hydrogens (primary N) is 1. The first-order valence-corrected chi connectivity index (χ1v) is 5.17. The molecular formula is C9H18N6O. The molecule has 1 heterocycles. The van der Waals surface area contributed by atoms with E-state index in [-0.39, 0.29) is 17.7 Å². The minimum Gasteiger partial charge on any atom is -0.366 e. The van der Waals surface area contributed by atoms with Crippen molar-refractivity contribution in [2.45, 2.75) is 19.9 Å². The van der Waals surface area contributed by atoms with E-state index in [1.807, 2.05) is 7.05 Å². The molecule has 0 aliphatic carbocycles. The molecule has 0 spiro atoms. The van der Waals surface area contributed by atoms with E-state index in [9.17, 15) is 4.79 Å². The molecule has 1 rings (SSSR count). The summed E-state index contributed by atoms with van der Waals surface area (Å²) in [6.07, 6.45) is 0. The Hall–Kier alpha value is -1.63. The van der Waals surface area contributed by atoms with Gasteiger partial charge in [-0.3, -0.25) is 9.89 Å². The fraction of sp³-hybridized carbons (Fsp3) is 0.667. The SMILES string of the molecule is CC(C)N(C)CCNC(=O)c1nc(N)n[nH]1. The summed E-state index contributed by atoms with van der Waals surface area (Å²) in [6.45, 7) is 5.54. The van der Waals surface area contributed by atoms with Gasteiger partial charge >= 0.3 is 0 Å². The molecule has 0 unspecified atom stereocenters. The molecule has 7 heteroatoms. The first-order chi connectivity index (χ1) is 7.50. The number of aromatic nitrogens is 3. The molecular weight excluding hydrogens is 208 g/mol. The van der Waals surface area contributed by atoms with Gasteiger partial charge in [-0.25, -0.2) is 0 Å². The summed E-state index contributed by atoms with van der Waals surface area (Å²) < 4.78 is 0. The van der Waals surface area contributed by atoms with Crippen LogP contribution in [0.2, 0.25) is 0 Å². The Morgan fingerprint density at radius 3 is 2.81 bits per heavy atom. The highest BCUT2D eigenvalue weighted by molar-refractivity contribution is 5.90. The number of hydrogen-bond donors (Lipinski definition) is 3. The van der Waals surface area contributed by atoms with Gasteiger partial charge in [-0.1, -0.05) is 0 Å². The maximum absolute atomic E-state index is 11.5. The number of H-pyrrole nitrogens is 1. The largest absolute Gasteiger partial charge is 0.366 e. The Labute approximate surface area is 94.4 Å². The second kappa shape index (κ2) is 5.45. The van der Waals surface area contributed by atoms with Gasteiger partial charge in [-0.15, -0.1) is 5.10 Å². The number of carbonyl (C=O) groups excluding carboxylic acids is 1. The minimum absolute atomic E-state index is 0.0736. The number of carbonyl (C=O) groups is 1. The minimum atomic E-state index is -0.290. The Morgan fingerprint density at radius 1 is 1.62 bits per heavy atom. The summed E-state index contributed by atoms with van der Waals surface area (Å²) in [7, 11) is 2.00. The molecule has 7 nitrogen and oxygen atoms in total. The molecule has 0 aliphatic rings. The molecule has 90 valence electrons. The van der Waals surface area contributed by atoms with Crippen LogP contribution in [-0.4, -0.2) is 52.2 Å². The molecule has 0 radical (unpaired) electrons. The number of likely N-dealkylation sites (N-methyl/N-ethyl adjacent to an activating group) is 1. The molecule has 0 aromatic carbocycles. The summed E-state index contributed by atoms with van der Waals surface area (Å²) in [5.41, 5.74) is 5.29. The van der Waals surface area contributed by atoms with E-state index in [4.69, 9.17) is 5.73 Å². The third kappa shape index (κ3) is 3.50. The van der Waals surface area contributed by atoms with E-state index in [1.165, 1.54) is 0 Å². The summed E-state index contributed by atoms with van der Waals surface area (Å²) in [4.78, 5) is 17.4. The fourth-order valence-electron chi connectivity index (χ4n) is 1.06. The van der Waals surface area contributed by atoms with Gasteiger partial charge in [-0.2, -0.15) is 4.98 Å². The number of nitrogen functional groups attached to an aromatic ring is 1. The molecule has 4 N–H and O–H groups in total. The van der Waals surface area contributed by atoms with Gasteiger partial charge in [0, 0.05) is 19.1 Å². The van der Waals surface area contributed by atoms with Crippen molar-refractivity contribution in [2.75, 3.05) is 25.9 Å². The van der Waals surface area contributed by atoms with Crippen LogP contribution in [0, 0.1) is 0 Å². The van der Waals surface area contributed by atoms with Crippen LogP contribution < -0.4 is 11.1 Å². The zero-order valence-corrected chi connectivity index (χ0v) is 9.82. The molecule has 1 aromatic rings. The highest BCUT2D eigenvalue weighted by Gasteiger charge is 2.10. The highest BCUT2D eigenvalue weighted by atomic mass is 16.2. The van der Waals surface area contributed by atoms with E-state index in [1.54, 1.807) is 0 Å². The second-order valence-electron chi connectivity index (χ2n) is 3.87. The van der Waals surface area contributed by atoms with Crippen LogP contribution in [0.25, 0.3) is 0 Å². The van der Waals surface area contributed by atoms with Crippen molar-refractivity contribution in [1.82, 2.24) is 25.4 Å². The van der Waals surface area contributed by atoms with E-state index >= 15 is 0 Å². The van der Waals surface area contributed by atoms with Gasteiger partial charge in [0.15, 0.2) is 0 Å². The predicted molar refractivity (Wildman–Crippen MR) is 60.9 cm³/mol. The molecule has 1 amide bonds. The second-order valence-corrected chi connectivity index (χ2v) is 3.87. The predicted octanol–water partition coefficient (Wildman–Crippen LogP) is -0.543. The van der Waals surface area contributed by atoms with Crippen LogP contribution in [0.1, 0.15) is 24.5 Å². The smallest absolute Gasteiger partial charge is 0.288 e. The maximum Gasteiger partial charge on any atom is 0.288 e. The number of aromatic amines is 1. The average molecular weight is 226 g/mol. The van der Waals surface area contributed by atoms with Crippen molar-refractivity contribution in [3.63, 3.8) is 0 Å². The van der Waals surface area contributed by atoms with E-state index in [0.717, 1.165) is 6.54 Å². The summed E-state index contributed by atoms with van der Waals surface area (Å²) in [6, 6.07) is 0.456. The van der Waals surface area contributed by atoms with Gasteiger partial charge in [0.1, 0.15) is 0 Å². The Morgan fingerprint density at radius 2 is 2.31 bits per heavy atom. The zero-order chi connectivity index (χ0) is 12.1. The van der Waals surface area contributed by atoms with Crippen LogP contribution in [0.4, 0.5) is 5.95 Å². The van der Waals surface area contributed by atoms with Crippen LogP contribution in [0.5, 0.6) is 0 Å². The molecule has 0 atom stereocenters. The van der Waals surface area contributed by atoms with Gasteiger partial charge in [0.2, 0.25) is 11.8 Å². The first-order valence-electron chi connectivity index (χ1n) is 5.17. The maximum atomic E-state index is 11.5. The number of rotatable bonds is 5. The van der Waals surface area contributed by atoms with Crippen molar-refractivity contribution < 1.29 is 4.79 Å². The summed E-state index contributed by atoms with van der Waals surface area (Å²) in [5, 5.41) is 8.76. The van der Waals surface area contributed by atoms with E-state index < -0.39 is 0 Å².